The van der Waals surface area contributed by atoms with Crippen LogP contribution in [0, 0.1) is 31.4 Å². The first-order valence-electron chi connectivity index (χ1n) is 8.64. The summed E-state index contributed by atoms with van der Waals surface area (Å²) in [6.07, 6.45) is 5.21. The molecular formula is C21H23BF2. The van der Waals surface area contributed by atoms with Gasteiger partial charge in [-0.25, -0.2) is 8.78 Å². The Morgan fingerprint density at radius 2 is 1.62 bits per heavy atom. The van der Waals surface area contributed by atoms with Crippen LogP contribution in [0.25, 0.3) is 16.7 Å². The fourth-order valence-electron chi connectivity index (χ4n) is 3.55. The number of hydrogen-bond donors (Lipinski definition) is 0. The van der Waals surface area contributed by atoms with Crippen molar-refractivity contribution >= 4 is 18.9 Å². The standard InChI is InChI=1S/C21H23BF2/c1-12-4-7-15(8-5-12)17-11-10-16(14(3)21(17)24)18-9-6-13(2)20(23)19(18)22/h6-7,9-12H,4-5,8,22H2,1-3H3. The lowest BCUT2D eigenvalue weighted by molar-refractivity contribution is 0.531. The van der Waals surface area contributed by atoms with E-state index < -0.39 is 0 Å². The van der Waals surface area contributed by atoms with Crippen LogP contribution in [-0.2, 0) is 0 Å². The number of aryl methyl sites for hydroxylation is 1. The molecule has 1 atom stereocenters. The summed E-state index contributed by atoms with van der Waals surface area (Å²) in [6.45, 7) is 5.77. The highest BCUT2D eigenvalue weighted by Crippen LogP contribution is 2.35. The predicted octanol–water partition coefficient (Wildman–Crippen LogP) is 4.71. The van der Waals surface area contributed by atoms with Gasteiger partial charge in [0, 0.05) is 5.56 Å². The maximum Gasteiger partial charge on any atom is 0.144 e. The Bertz CT molecular complexity index is 821. The minimum absolute atomic E-state index is 0.173. The molecule has 0 bridgehead atoms. The lowest BCUT2D eigenvalue weighted by Gasteiger charge is -2.20. The largest absolute Gasteiger partial charge is 0.207 e. The van der Waals surface area contributed by atoms with Crippen LogP contribution < -0.4 is 5.46 Å². The highest BCUT2D eigenvalue weighted by Gasteiger charge is 2.19. The van der Waals surface area contributed by atoms with Crippen LogP contribution in [0.1, 0.15) is 42.9 Å². The van der Waals surface area contributed by atoms with Crippen molar-refractivity contribution in [2.45, 2.75) is 40.0 Å². The highest BCUT2D eigenvalue weighted by atomic mass is 19.1. The fourth-order valence-corrected chi connectivity index (χ4v) is 3.55. The Morgan fingerprint density at radius 3 is 2.29 bits per heavy atom. The van der Waals surface area contributed by atoms with Crippen LogP contribution in [0.2, 0.25) is 0 Å². The van der Waals surface area contributed by atoms with Crippen LogP contribution in [0.4, 0.5) is 8.78 Å². The van der Waals surface area contributed by atoms with Gasteiger partial charge in [-0.1, -0.05) is 37.3 Å². The minimum Gasteiger partial charge on any atom is -0.207 e. The number of allylic oxidation sites excluding steroid dienone is 2. The molecule has 3 rings (SSSR count). The zero-order chi connectivity index (χ0) is 17.4. The molecule has 0 fully saturated rings. The Kier molecular flexibility index (Phi) is 4.62. The summed E-state index contributed by atoms with van der Waals surface area (Å²) in [5, 5.41) is 0. The van der Waals surface area contributed by atoms with Crippen molar-refractivity contribution in [1.29, 1.82) is 0 Å². The molecule has 2 aromatic carbocycles. The first-order valence-corrected chi connectivity index (χ1v) is 8.64. The molecule has 1 aliphatic rings. The second-order valence-corrected chi connectivity index (χ2v) is 7.08. The molecule has 0 spiro atoms. The Balaban J connectivity index is 2.07. The molecule has 1 unspecified atom stereocenters. The molecule has 0 nitrogen and oxygen atoms in total. The third kappa shape index (κ3) is 2.92. The molecule has 0 aliphatic heterocycles. The predicted molar refractivity (Wildman–Crippen MR) is 100 cm³/mol. The molecule has 0 N–H and O–H groups in total. The number of hydrogen-bond acceptors (Lipinski definition) is 0. The highest BCUT2D eigenvalue weighted by molar-refractivity contribution is 6.36. The molecule has 0 radical (unpaired) electrons. The molecule has 0 saturated heterocycles. The van der Waals surface area contributed by atoms with Gasteiger partial charge in [-0.2, -0.15) is 0 Å². The van der Waals surface area contributed by atoms with E-state index in [1.54, 1.807) is 27.8 Å². The monoisotopic (exact) mass is 324 g/mol. The van der Waals surface area contributed by atoms with Gasteiger partial charge in [0.05, 0.1) is 0 Å². The first-order chi connectivity index (χ1) is 11.4. The van der Waals surface area contributed by atoms with Crippen LogP contribution in [0.3, 0.4) is 0 Å². The molecule has 0 aromatic heterocycles. The summed E-state index contributed by atoms with van der Waals surface area (Å²) in [5.41, 5.74) is 5.15. The van der Waals surface area contributed by atoms with E-state index in [2.05, 4.69) is 13.0 Å². The molecule has 124 valence electrons. The van der Waals surface area contributed by atoms with Crippen molar-refractivity contribution in [1.82, 2.24) is 0 Å². The fraction of sp³-hybridized carbons (Fsp3) is 0.333. The summed E-state index contributed by atoms with van der Waals surface area (Å²) >= 11 is 0. The van der Waals surface area contributed by atoms with Crippen molar-refractivity contribution in [3.63, 3.8) is 0 Å². The van der Waals surface area contributed by atoms with E-state index in [0.717, 1.165) is 36.0 Å². The van der Waals surface area contributed by atoms with Crippen LogP contribution in [0.5, 0.6) is 0 Å². The maximum absolute atomic E-state index is 15.0. The van der Waals surface area contributed by atoms with Gasteiger partial charge in [-0.05, 0) is 72.3 Å². The Hall–Kier alpha value is -1.90. The normalized spacial score (nSPS) is 17.7. The molecular weight excluding hydrogens is 301 g/mol. The van der Waals surface area contributed by atoms with E-state index in [4.69, 9.17) is 0 Å². The van der Waals surface area contributed by atoms with Crippen molar-refractivity contribution in [2.75, 3.05) is 0 Å². The van der Waals surface area contributed by atoms with Gasteiger partial charge in [-0.15, -0.1) is 0 Å². The summed E-state index contributed by atoms with van der Waals surface area (Å²) in [5.74, 6) is 0.296. The van der Waals surface area contributed by atoms with Crippen molar-refractivity contribution in [2.24, 2.45) is 5.92 Å². The van der Waals surface area contributed by atoms with Crippen LogP contribution >= 0.6 is 0 Å². The third-order valence-electron chi connectivity index (χ3n) is 5.28. The van der Waals surface area contributed by atoms with Gasteiger partial charge in [0.25, 0.3) is 0 Å². The smallest absolute Gasteiger partial charge is 0.144 e. The van der Waals surface area contributed by atoms with E-state index in [1.807, 2.05) is 18.2 Å². The van der Waals surface area contributed by atoms with Gasteiger partial charge >= 0.3 is 0 Å². The SMILES string of the molecule is Bc1c(-c2ccc(C3=CCC(C)CC3)c(F)c2C)ccc(C)c1F. The third-order valence-corrected chi connectivity index (χ3v) is 5.28. The topological polar surface area (TPSA) is 0 Å². The number of halogens is 2. The van der Waals surface area contributed by atoms with Gasteiger partial charge in [0.15, 0.2) is 0 Å². The van der Waals surface area contributed by atoms with E-state index in [-0.39, 0.29) is 11.6 Å². The zero-order valence-corrected chi connectivity index (χ0v) is 14.8. The Labute approximate surface area is 144 Å². The van der Waals surface area contributed by atoms with Gasteiger partial charge in [0.1, 0.15) is 19.5 Å². The molecule has 0 heterocycles. The minimum atomic E-state index is -0.208. The van der Waals surface area contributed by atoms with Gasteiger partial charge in [-0.3, -0.25) is 0 Å². The van der Waals surface area contributed by atoms with E-state index in [0.29, 0.717) is 28.1 Å². The summed E-state index contributed by atoms with van der Waals surface area (Å²) in [4.78, 5) is 0. The zero-order valence-electron chi connectivity index (χ0n) is 14.8. The number of rotatable bonds is 2. The van der Waals surface area contributed by atoms with Crippen LogP contribution in [0.15, 0.2) is 30.3 Å². The maximum atomic E-state index is 15.0. The second kappa shape index (κ2) is 6.54. The number of benzene rings is 2. The average molecular weight is 324 g/mol. The van der Waals surface area contributed by atoms with Crippen LogP contribution in [-0.4, -0.2) is 7.85 Å². The second-order valence-electron chi connectivity index (χ2n) is 7.08. The average Bonchev–Trinajstić information content (AvgIpc) is 2.57. The molecule has 0 amide bonds. The van der Waals surface area contributed by atoms with E-state index >= 15 is 4.39 Å². The molecule has 1 aliphatic carbocycles. The van der Waals surface area contributed by atoms with Crippen molar-refractivity contribution in [3.8, 4) is 11.1 Å². The summed E-state index contributed by atoms with van der Waals surface area (Å²) < 4.78 is 29.2. The quantitative estimate of drug-likeness (QED) is 0.702. The van der Waals surface area contributed by atoms with Crippen molar-refractivity contribution in [3.05, 3.63) is 58.7 Å². The summed E-state index contributed by atoms with van der Waals surface area (Å²) in [7, 11) is 1.76. The molecule has 0 saturated carbocycles. The molecule has 2 aromatic rings. The van der Waals surface area contributed by atoms with Crippen molar-refractivity contribution < 1.29 is 8.78 Å². The molecule has 3 heteroatoms. The lowest BCUT2D eigenvalue weighted by atomic mass is 9.82. The lowest BCUT2D eigenvalue weighted by Crippen LogP contribution is -2.14. The van der Waals surface area contributed by atoms with E-state index in [9.17, 15) is 4.39 Å². The Morgan fingerprint density at radius 1 is 0.958 bits per heavy atom. The van der Waals surface area contributed by atoms with E-state index in [1.165, 1.54) is 0 Å². The van der Waals surface area contributed by atoms with Gasteiger partial charge in [0.2, 0.25) is 0 Å². The molecule has 24 heavy (non-hydrogen) atoms. The van der Waals surface area contributed by atoms with Gasteiger partial charge < -0.3 is 0 Å². The summed E-state index contributed by atoms with van der Waals surface area (Å²) in [6, 6.07) is 7.44. The first kappa shape index (κ1) is 16.9.